The molecule has 0 aliphatic carbocycles. The predicted octanol–water partition coefficient (Wildman–Crippen LogP) is 1.26. The average molecular weight is 343 g/mol. The molecule has 1 aromatic rings. The minimum atomic E-state index is -0.190. The molecule has 0 bridgehead atoms. The highest BCUT2D eigenvalue weighted by Crippen LogP contribution is 2.10. The van der Waals surface area contributed by atoms with E-state index in [1.165, 1.54) is 0 Å². The van der Waals surface area contributed by atoms with Crippen LogP contribution in [0.15, 0.2) is 28.7 Å². The Kier molecular flexibility index (Phi) is 7.91. The van der Waals surface area contributed by atoms with Gasteiger partial charge in [-0.05, 0) is 24.1 Å². The van der Waals surface area contributed by atoms with E-state index in [1.54, 1.807) is 7.11 Å². The molecular weight excluding hydrogens is 324 g/mol. The van der Waals surface area contributed by atoms with Crippen molar-refractivity contribution in [2.24, 2.45) is 0 Å². The summed E-state index contributed by atoms with van der Waals surface area (Å²) in [5.74, 6) is -0.357. The smallest absolute Gasteiger partial charge is 0.239 e. The van der Waals surface area contributed by atoms with Gasteiger partial charge in [0.2, 0.25) is 11.8 Å². The number of halogens is 1. The van der Waals surface area contributed by atoms with Gasteiger partial charge < -0.3 is 15.4 Å². The first-order chi connectivity index (χ1) is 9.61. The number of rotatable bonds is 8. The summed E-state index contributed by atoms with van der Waals surface area (Å²) in [6, 6.07) is 7.50. The first kappa shape index (κ1) is 16.7. The molecular formula is C14H19BrN2O3. The van der Waals surface area contributed by atoms with Crippen molar-refractivity contribution in [1.29, 1.82) is 0 Å². The van der Waals surface area contributed by atoms with Gasteiger partial charge >= 0.3 is 0 Å². The summed E-state index contributed by atoms with van der Waals surface area (Å²) in [4.78, 5) is 23.1. The molecule has 0 heterocycles. The molecule has 1 rings (SSSR count). The average Bonchev–Trinajstić information content (AvgIpc) is 2.44. The zero-order valence-corrected chi connectivity index (χ0v) is 13.0. The molecule has 5 nitrogen and oxygen atoms in total. The van der Waals surface area contributed by atoms with Gasteiger partial charge in [0.15, 0.2) is 0 Å². The topological polar surface area (TPSA) is 67.4 Å². The van der Waals surface area contributed by atoms with Crippen LogP contribution >= 0.6 is 15.9 Å². The molecule has 0 fully saturated rings. The number of carbonyl (C=O) groups excluding carboxylic acids is 2. The van der Waals surface area contributed by atoms with E-state index in [4.69, 9.17) is 4.74 Å². The first-order valence-electron chi connectivity index (χ1n) is 6.38. The Labute approximate surface area is 127 Å². The zero-order valence-electron chi connectivity index (χ0n) is 11.4. The van der Waals surface area contributed by atoms with Gasteiger partial charge in [-0.1, -0.05) is 28.1 Å². The maximum absolute atomic E-state index is 11.7. The van der Waals surface area contributed by atoms with E-state index in [2.05, 4.69) is 26.6 Å². The molecule has 0 spiro atoms. The summed E-state index contributed by atoms with van der Waals surface area (Å²) in [7, 11) is 1.62. The third kappa shape index (κ3) is 7.25. The number of methoxy groups -OCH3 is 1. The second-order valence-electron chi connectivity index (χ2n) is 4.28. The van der Waals surface area contributed by atoms with E-state index in [0.717, 1.165) is 16.5 Å². The van der Waals surface area contributed by atoms with Crippen molar-refractivity contribution in [2.75, 3.05) is 26.8 Å². The Morgan fingerprint density at radius 2 is 1.85 bits per heavy atom. The van der Waals surface area contributed by atoms with Crippen molar-refractivity contribution in [3.05, 3.63) is 34.3 Å². The lowest BCUT2D eigenvalue weighted by molar-refractivity contribution is -0.125. The van der Waals surface area contributed by atoms with Crippen LogP contribution in [0.25, 0.3) is 0 Å². The fourth-order valence-corrected chi connectivity index (χ4v) is 1.80. The molecule has 0 aliphatic rings. The highest BCUT2D eigenvalue weighted by molar-refractivity contribution is 9.10. The summed E-state index contributed by atoms with van der Waals surface area (Å²) >= 11 is 3.33. The van der Waals surface area contributed by atoms with Crippen molar-refractivity contribution in [3.8, 4) is 0 Å². The minimum absolute atomic E-state index is 0.00232. The SMILES string of the molecule is COCCCNC(=O)CNC(=O)Cc1ccc(Br)cc1. The van der Waals surface area contributed by atoms with E-state index in [-0.39, 0.29) is 24.8 Å². The molecule has 110 valence electrons. The Bertz CT molecular complexity index is 435. The lowest BCUT2D eigenvalue weighted by Gasteiger charge is -2.07. The van der Waals surface area contributed by atoms with Gasteiger partial charge in [-0.25, -0.2) is 0 Å². The number of amides is 2. The maximum Gasteiger partial charge on any atom is 0.239 e. The van der Waals surface area contributed by atoms with Crippen LogP contribution in [0.5, 0.6) is 0 Å². The highest BCUT2D eigenvalue weighted by atomic mass is 79.9. The van der Waals surface area contributed by atoms with Gasteiger partial charge in [0.05, 0.1) is 13.0 Å². The fourth-order valence-electron chi connectivity index (χ4n) is 1.54. The molecule has 20 heavy (non-hydrogen) atoms. The van der Waals surface area contributed by atoms with Gasteiger partial charge in [-0.3, -0.25) is 9.59 Å². The lowest BCUT2D eigenvalue weighted by Crippen LogP contribution is -2.38. The summed E-state index contributed by atoms with van der Waals surface area (Å²) in [5.41, 5.74) is 0.909. The Morgan fingerprint density at radius 3 is 2.50 bits per heavy atom. The summed E-state index contributed by atoms with van der Waals surface area (Å²) in [6.45, 7) is 1.16. The van der Waals surface area contributed by atoms with Gasteiger partial charge in [-0.15, -0.1) is 0 Å². The largest absolute Gasteiger partial charge is 0.385 e. The Morgan fingerprint density at radius 1 is 1.15 bits per heavy atom. The van der Waals surface area contributed by atoms with Crippen molar-refractivity contribution >= 4 is 27.7 Å². The van der Waals surface area contributed by atoms with Crippen molar-refractivity contribution in [2.45, 2.75) is 12.8 Å². The number of hydrogen-bond donors (Lipinski definition) is 2. The van der Waals surface area contributed by atoms with Crippen LogP contribution in [0.3, 0.4) is 0 Å². The molecule has 1 aromatic carbocycles. The van der Waals surface area contributed by atoms with Crippen molar-refractivity contribution in [3.63, 3.8) is 0 Å². The molecule has 2 N–H and O–H groups in total. The second kappa shape index (κ2) is 9.50. The van der Waals surface area contributed by atoms with Crippen LogP contribution in [0, 0.1) is 0 Å². The molecule has 6 heteroatoms. The lowest BCUT2D eigenvalue weighted by atomic mass is 10.1. The number of nitrogens with one attached hydrogen (secondary N) is 2. The molecule has 0 saturated carbocycles. The predicted molar refractivity (Wildman–Crippen MR) is 80.4 cm³/mol. The maximum atomic E-state index is 11.7. The van der Waals surface area contributed by atoms with Crippen LogP contribution in [0.1, 0.15) is 12.0 Å². The number of hydrogen-bond acceptors (Lipinski definition) is 3. The van der Waals surface area contributed by atoms with Gasteiger partial charge in [-0.2, -0.15) is 0 Å². The fraction of sp³-hybridized carbons (Fsp3) is 0.429. The molecule has 0 radical (unpaired) electrons. The van der Waals surface area contributed by atoms with Crippen LogP contribution in [-0.2, 0) is 20.7 Å². The summed E-state index contributed by atoms with van der Waals surface area (Å²) in [5, 5.41) is 5.30. The molecule has 0 aromatic heterocycles. The van der Waals surface area contributed by atoms with E-state index < -0.39 is 0 Å². The van der Waals surface area contributed by atoms with Gasteiger partial charge in [0.25, 0.3) is 0 Å². The number of benzene rings is 1. The van der Waals surface area contributed by atoms with Crippen LogP contribution in [0.4, 0.5) is 0 Å². The monoisotopic (exact) mass is 342 g/mol. The molecule has 0 aliphatic heterocycles. The number of ether oxygens (including phenoxy) is 1. The van der Waals surface area contributed by atoms with Crippen LogP contribution in [-0.4, -0.2) is 38.6 Å². The molecule has 0 unspecified atom stereocenters. The van der Waals surface area contributed by atoms with E-state index in [0.29, 0.717) is 13.2 Å². The van der Waals surface area contributed by atoms with Gasteiger partial charge in [0, 0.05) is 24.7 Å². The van der Waals surface area contributed by atoms with Gasteiger partial charge in [0.1, 0.15) is 0 Å². The minimum Gasteiger partial charge on any atom is -0.385 e. The quantitative estimate of drug-likeness (QED) is 0.699. The first-order valence-corrected chi connectivity index (χ1v) is 7.18. The third-order valence-corrected chi connectivity index (χ3v) is 3.10. The highest BCUT2D eigenvalue weighted by Gasteiger charge is 2.06. The Hall–Kier alpha value is -1.40. The second-order valence-corrected chi connectivity index (χ2v) is 5.19. The van der Waals surface area contributed by atoms with Crippen LogP contribution in [0.2, 0.25) is 0 Å². The third-order valence-electron chi connectivity index (χ3n) is 2.57. The van der Waals surface area contributed by atoms with Crippen molar-refractivity contribution < 1.29 is 14.3 Å². The van der Waals surface area contributed by atoms with E-state index in [1.807, 2.05) is 24.3 Å². The van der Waals surface area contributed by atoms with Crippen molar-refractivity contribution in [1.82, 2.24) is 10.6 Å². The molecule has 0 saturated heterocycles. The molecule has 2 amide bonds. The number of carbonyl (C=O) groups is 2. The van der Waals surface area contributed by atoms with E-state index in [9.17, 15) is 9.59 Å². The summed E-state index contributed by atoms with van der Waals surface area (Å²) in [6.07, 6.45) is 1.03. The summed E-state index contributed by atoms with van der Waals surface area (Å²) < 4.78 is 5.84. The standard InChI is InChI=1S/C14H19BrN2O3/c1-20-8-2-7-16-14(19)10-17-13(18)9-11-3-5-12(15)6-4-11/h3-6H,2,7-10H2,1H3,(H,16,19)(H,17,18). The Balaban J connectivity index is 2.19. The zero-order chi connectivity index (χ0) is 14.8. The normalized spacial score (nSPS) is 10.1. The van der Waals surface area contributed by atoms with E-state index >= 15 is 0 Å². The van der Waals surface area contributed by atoms with Crippen LogP contribution < -0.4 is 10.6 Å². The molecule has 0 atom stereocenters.